The lowest BCUT2D eigenvalue weighted by molar-refractivity contribution is -0.142. The average Bonchev–Trinajstić information content (AvgIpc) is 2.69. The molecule has 1 aliphatic heterocycles. The van der Waals surface area contributed by atoms with Crippen LogP contribution in [0.25, 0.3) is 0 Å². The molecule has 19 heavy (non-hydrogen) atoms. The fourth-order valence-corrected chi connectivity index (χ4v) is 2.70. The van der Waals surface area contributed by atoms with Crippen molar-refractivity contribution in [2.24, 2.45) is 5.92 Å². The minimum Gasteiger partial charge on any atom is -0.481 e. The normalized spacial score (nSPS) is 22.5. The zero-order valence-corrected chi connectivity index (χ0v) is 11.2. The zero-order chi connectivity index (χ0) is 14.2. The molecule has 0 bridgehead atoms. The standard InChI is InChI=1S/C13H15ClN2O3/c1-7-11(13(18)19)2-3-16(7)12(17)8-4-9(14)6-10(15)5-8/h4-7,11H,2-3,15H2,1H3,(H,18,19). The van der Waals surface area contributed by atoms with Gasteiger partial charge in [-0.1, -0.05) is 11.6 Å². The maximum absolute atomic E-state index is 12.3. The fourth-order valence-electron chi connectivity index (χ4n) is 2.46. The molecule has 0 spiro atoms. The van der Waals surface area contributed by atoms with E-state index in [9.17, 15) is 9.59 Å². The topological polar surface area (TPSA) is 83.6 Å². The Morgan fingerprint density at radius 2 is 2.11 bits per heavy atom. The number of amides is 1. The first-order valence-corrected chi connectivity index (χ1v) is 6.38. The van der Waals surface area contributed by atoms with Crippen LogP contribution in [0.15, 0.2) is 18.2 Å². The highest BCUT2D eigenvalue weighted by molar-refractivity contribution is 6.31. The van der Waals surface area contributed by atoms with E-state index < -0.39 is 11.9 Å². The van der Waals surface area contributed by atoms with Crippen molar-refractivity contribution in [2.45, 2.75) is 19.4 Å². The van der Waals surface area contributed by atoms with Gasteiger partial charge in [0, 0.05) is 28.9 Å². The monoisotopic (exact) mass is 282 g/mol. The Morgan fingerprint density at radius 3 is 2.63 bits per heavy atom. The van der Waals surface area contributed by atoms with Gasteiger partial charge in [0.2, 0.25) is 0 Å². The van der Waals surface area contributed by atoms with Crippen molar-refractivity contribution in [2.75, 3.05) is 12.3 Å². The summed E-state index contributed by atoms with van der Waals surface area (Å²) in [5.41, 5.74) is 6.46. The van der Waals surface area contributed by atoms with Crippen LogP contribution in [-0.4, -0.2) is 34.5 Å². The van der Waals surface area contributed by atoms with E-state index in [-0.39, 0.29) is 11.9 Å². The number of hydrogen-bond donors (Lipinski definition) is 2. The number of carbonyl (C=O) groups excluding carboxylic acids is 1. The number of anilines is 1. The summed E-state index contributed by atoms with van der Waals surface area (Å²) in [7, 11) is 0. The summed E-state index contributed by atoms with van der Waals surface area (Å²) in [4.78, 5) is 25.0. The van der Waals surface area contributed by atoms with E-state index in [4.69, 9.17) is 22.4 Å². The Labute approximate surface area is 116 Å². The highest BCUT2D eigenvalue weighted by atomic mass is 35.5. The predicted octanol–water partition coefficient (Wildman–Crippen LogP) is 1.86. The summed E-state index contributed by atoms with van der Waals surface area (Å²) < 4.78 is 0. The molecule has 0 saturated carbocycles. The summed E-state index contributed by atoms with van der Waals surface area (Å²) >= 11 is 5.87. The van der Waals surface area contributed by atoms with Gasteiger partial charge in [0.25, 0.3) is 5.91 Å². The molecule has 102 valence electrons. The van der Waals surface area contributed by atoms with Crippen LogP contribution in [0.1, 0.15) is 23.7 Å². The molecule has 1 heterocycles. The van der Waals surface area contributed by atoms with Crippen LogP contribution in [-0.2, 0) is 4.79 Å². The molecule has 6 heteroatoms. The third kappa shape index (κ3) is 2.66. The molecule has 2 atom stereocenters. The summed E-state index contributed by atoms with van der Waals surface area (Å²) in [5.74, 6) is -1.61. The highest BCUT2D eigenvalue weighted by Crippen LogP contribution is 2.27. The molecule has 1 aromatic rings. The molecule has 1 amide bonds. The average molecular weight is 283 g/mol. The first-order chi connectivity index (χ1) is 8.90. The number of rotatable bonds is 2. The first-order valence-electron chi connectivity index (χ1n) is 6.00. The molecule has 2 unspecified atom stereocenters. The van der Waals surface area contributed by atoms with Gasteiger partial charge < -0.3 is 15.7 Å². The number of benzene rings is 1. The summed E-state index contributed by atoms with van der Waals surface area (Å²) in [6, 6.07) is 4.33. The van der Waals surface area contributed by atoms with E-state index in [1.54, 1.807) is 30.0 Å². The lowest BCUT2D eigenvalue weighted by Gasteiger charge is -2.23. The number of halogens is 1. The zero-order valence-electron chi connectivity index (χ0n) is 10.5. The predicted molar refractivity (Wildman–Crippen MR) is 72.1 cm³/mol. The Hall–Kier alpha value is -1.75. The number of carboxylic acids is 1. The number of likely N-dealkylation sites (tertiary alicyclic amines) is 1. The number of hydrogen-bond acceptors (Lipinski definition) is 3. The molecule has 1 aliphatic rings. The van der Waals surface area contributed by atoms with Crippen LogP contribution in [0.5, 0.6) is 0 Å². The second kappa shape index (κ2) is 5.09. The number of aliphatic carboxylic acids is 1. The third-order valence-corrected chi connectivity index (χ3v) is 3.72. The van der Waals surface area contributed by atoms with Crippen molar-refractivity contribution in [1.29, 1.82) is 0 Å². The molecule has 2 rings (SSSR count). The van der Waals surface area contributed by atoms with Gasteiger partial charge in [-0.3, -0.25) is 9.59 Å². The molecule has 0 aliphatic carbocycles. The summed E-state index contributed by atoms with van der Waals surface area (Å²) in [6.45, 7) is 2.18. The number of nitrogen functional groups attached to an aromatic ring is 1. The lowest BCUT2D eigenvalue weighted by atomic mass is 10.0. The largest absolute Gasteiger partial charge is 0.481 e. The van der Waals surface area contributed by atoms with Gasteiger partial charge in [-0.25, -0.2) is 0 Å². The smallest absolute Gasteiger partial charge is 0.308 e. The van der Waals surface area contributed by atoms with Crippen molar-refractivity contribution >= 4 is 29.2 Å². The SMILES string of the molecule is CC1C(C(=O)O)CCN1C(=O)c1cc(N)cc(Cl)c1. The van der Waals surface area contributed by atoms with Gasteiger partial charge in [-0.2, -0.15) is 0 Å². The van der Waals surface area contributed by atoms with Crippen molar-refractivity contribution in [3.05, 3.63) is 28.8 Å². The van der Waals surface area contributed by atoms with Crippen LogP contribution in [0.3, 0.4) is 0 Å². The van der Waals surface area contributed by atoms with E-state index >= 15 is 0 Å². The van der Waals surface area contributed by atoms with Gasteiger partial charge in [0.05, 0.1) is 5.92 Å². The summed E-state index contributed by atoms with van der Waals surface area (Å²) in [6.07, 6.45) is 0.471. The van der Waals surface area contributed by atoms with Crippen LogP contribution in [0, 0.1) is 5.92 Å². The summed E-state index contributed by atoms with van der Waals surface area (Å²) in [5, 5.41) is 9.46. The number of carbonyl (C=O) groups is 2. The van der Waals surface area contributed by atoms with Gasteiger partial charge in [-0.05, 0) is 31.5 Å². The molecular weight excluding hydrogens is 268 g/mol. The van der Waals surface area contributed by atoms with E-state index in [1.807, 2.05) is 0 Å². The van der Waals surface area contributed by atoms with Crippen LogP contribution >= 0.6 is 11.6 Å². The minimum absolute atomic E-state index is 0.231. The Morgan fingerprint density at radius 1 is 1.42 bits per heavy atom. The Kier molecular flexibility index (Phi) is 3.66. The first kappa shape index (κ1) is 13.7. The molecule has 5 nitrogen and oxygen atoms in total. The molecule has 1 fully saturated rings. The maximum atomic E-state index is 12.3. The molecule has 1 aromatic carbocycles. The van der Waals surface area contributed by atoms with Crippen molar-refractivity contribution in [3.63, 3.8) is 0 Å². The minimum atomic E-state index is -0.867. The van der Waals surface area contributed by atoms with Gasteiger partial charge in [0.15, 0.2) is 0 Å². The fraction of sp³-hybridized carbons (Fsp3) is 0.385. The van der Waals surface area contributed by atoms with E-state index in [0.717, 1.165) is 0 Å². The molecular formula is C13H15ClN2O3. The molecule has 0 radical (unpaired) electrons. The maximum Gasteiger partial charge on any atom is 0.308 e. The Bertz CT molecular complexity index is 512. The molecule has 3 N–H and O–H groups in total. The number of nitrogens with two attached hydrogens (primary N) is 1. The molecule has 0 aromatic heterocycles. The van der Waals surface area contributed by atoms with Gasteiger partial charge >= 0.3 is 5.97 Å². The van der Waals surface area contributed by atoms with Gasteiger partial charge in [-0.15, -0.1) is 0 Å². The van der Waals surface area contributed by atoms with Gasteiger partial charge in [0.1, 0.15) is 0 Å². The third-order valence-electron chi connectivity index (χ3n) is 3.50. The number of nitrogens with zero attached hydrogens (tertiary/aromatic N) is 1. The second-order valence-corrected chi connectivity index (χ2v) is 5.18. The quantitative estimate of drug-likeness (QED) is 0.811. The van der Waals surface area contributed by atoms with Crippen LogP contribution < -0.4 is 5.73 Å². The van der Waals surface area contributed by atoms with E-state index in [1.165, 1.54) is 0 Å². The lowest BCUT2D eigenvalue weighted by Crippen LogP contribution is -2.37. The molecule has 1 saturated heterocycles. The van der Waals surface area contributed by atoms with Crippen molar-refractivity contribution in [1.82, 2.24) is 4.90 Å². The second-order valence-electron chi connectivity index (χ2n) is 4.75. The van der Waals surface area contributed by atoms with Crippen molar-refractivity contribution < 1.29 is 14.7 Å². The number of carboxylic acid groups (broad SMARTS) is 1. The van der Waals surface area contributed by atoms with E-state index in [0.29, 0.717) is 29.2 Å². The van der Waals surface area contributed by atoms with Crippen molar-refractivity contribution in [3.8, 4) is 0 Å². The highest BCUT2D eigenvalue weighted by Gasteiger charge is 2.38. The van der Waals surface area contributed by atoms with E-state index in [2.05, 4.69) is 0 Å². The van der Waals surface area contributed by atoms with Crippen LogP contribution in [0.4, 0.5) is 5.69 Å². The van der Waals surface area contributed by atoms with Crippen LogP contribution in [0.2, 0.25) is 5.02 Å². The Balaban J connectivity index is 2.23.